The van der Waals surface area contributed by atoms with Crippen LogP contribution in [-0.2, 0) is 6.42 Å². The van der Waals surface area contributed by atoms with E-state index in [9.17, 15) is 14.7 Å². The van der Waals surface area contributed by atoms with Crippen LogP contribution < -0.4 is 32.0 Å². The van der Waals surface area contributed by atoms with Gasteiger partial charge in [-0.1, -0.05) is 6.07 Å². The first kappa shape index (κ1) is 13.7. The van der Waals surface area contributed by atoms with Crippen molar-refractivity contribution in [1.29, 1.82) is 0 Å². The molecule has 0 unspecified atom stereocenters. The van der Waals surface area contributed by atoms with Crippen LogP contribution >= 0.6 is 0 Å². The van der Waals surface area contributed by atoms with Gasteiger partial charge in [-0.05, 0) is 23.6 Å². The largest absolute Gasteiger partial charge is 0.860 e. The molecule has 8 heteroatoms. The van der Waals surface area contributed by atoms with Crippen LogP contribution in [0.15, 0.2) is 27.8 Å². The number of aromatic nitrogens is 2. The van der Waals surface area contributed by atoms with E-state index in [1.807, 2.05) is 9.97 Å². The molecule has 0 spiro atoms. The maximum absolute atomic E-state index is 11.6. The van der Waals surface area contributed by atoms with Crippen LogP contribution in [0.5, 0.6) is 17.4 Å². The number of rotatable bonds is 2. The van der Waals surface area contributed by atoms with Gasteiger partial charge in [-0.15, -0.1) is 0 Å². The molecule has 0 aliphatic carbocycles. The van der Waals surface area contributed by atoms with E-state index in [2.05, 4.69) is 0 Å². The monoisotopic (exact) mass is 279 g/mol. The van der Waals surface area contributed by atoms with E-state index in [1.165, 1.54) is 0 Å². The highest BCUT2D eigenvalue weighted by atomic mass is 16.7. The van der Waals surface area contributed by atoms with Gasteiger partial charge in [0, 0.05) is 12.0 Å². The first-order valence-corrected chi connectivity index (χ1v) is 5.54. The van der Waals surface area contributed by atoms with Crippen LogP contribution in [0.3, 0.4) is 0 Å². The van der Waals surface area contributed by atoms with Gasteiger partial charge in [0.15, 0.2) is 11.5 Å². The standard InChI is InChI=1S/C12H10N2O5.H3N/c15-10-7(11(16)14-12(17)13-10)3-6-1-2-8-9(4-6)19-5-18-8;/h1-2,4H,3,5H2,(H3,13,14,15,16,17);1H3. The number of fused-ring (bicyclic) bond motifs is 1. The summed E-state index contributed by atoms with van der Waals surface area (Å²) in [6, 6.07) is 5.14. The SMILES string of the molecule is O=c1[nH]c([O-])c(Cc2ccc3c(c2)OCO3)c(=O)[nH]1.[NH4+]. The summed E-state index contributed by atoms with van der Waals surface area (Å²) in [5.74, 6) is 0.527. The Bertz CT molecular complexity index is 749. The molecule has 106 valence electrons. The molecule has 0 saturated heterocycles. The van der Waals surface area contributed by atoms with Crippen molar-refractivity contribution in [3.05, 3.63) is 50.2 Å². The van der Waals surface area contributed by atoms with Crippen LogP contribution in [0.1, 0.15) is 11.1 Å². The third kappa shape index (κ3) is 2.36. The second-order valence-electron chi connectivity index (χ2n) is 4.08. The summed E-state index contributed by atoms with van der Waals surface area (Å²) >= 11 is 0. The van der Waals surface area contributed by atoms with Crippen molar-refractivity contribution in [2.45, 2.75) is 6.42 Å². The first-order valence-electron chi connectivity index (χ1n) is 5.54. The summed E-state index contributed by atoms with van der Waals surface area (Å²) in [4.78, 5) is 26.5. The van der Waals surface area contributed by atoms with Crippen molar-refractivity contribution in [1.82, 2.24) is 16.1 Å². The Kier molecular flexibility index (Phi) is 3.49. The fraction of sp³-hybridized carbons (Fsp3) is 0.167. The van der Waals surface area contributed by atoms with E-state index < -0.39 is 17.1 Å². The molecule has 0 fully saturated rings. The van der Waals surface area contributed by atoms with Crippen molar-refractivity contribution >= 4 is 0 Å². The minimum atomic E-state index is -0.801. The molecule has 0 radical (unpaired) electrons. The quantitative estimate of drug-likeness (QED) is 0.699. The molecule has 0 bridgehead atoms. The van der Waals surface area contributed by atoms with Gasteiger partial charge in [0.1, 0.15) is 0 Å². The molecule has 2 heterocycles. The average molecular weight is 279 g/mol. The zero-order valence-electron chi connectivity index (χ0n) is 10.7. The zero-order chi connectivity index (χ0) is 13.4. The van der Waals surface area contributed by atoms with Gasteiger partial charge >= 0.3 is 5.69 Å². The van der Waals surface area contributed by atoms with Gasteiger partial charge in [0.05, 0.1) is 0 Å². The van der Waals surface area contributed by atoms with Crippen LogP contribution in [0, 0.1) is 0 Å². The van der Waals surface area contributed by atoms with Gasteiger partial charge in [-0.25, -0.2) is 4.79 Å². The lowest BCUT2D eigenvalue weighted by Gasteiger charge is -2.11. The van der Waals surface area contributed by atoms with Crippen molar-refractivity contribution in [2.75, 3.05) is 6.79 Å². The fourth-order valence-electron chi connectivity index (χ4n) is 1.91. The highest BCUT2D eigenvalue weighted by molar-refractivity contribution is 5.45. The normalized spacial score (nSPS) is 12.0. The minimum absolute atomic E-state index is 0. The maximum Gasteiger partial charge on any atom is 0.325 e. The number of hydrogen-bond acceptors (Lipinski definition) is 5. The molecule has 1 aromatic heterocycles. The van der Waals surface area contributed by atoms with Crippen LogP contribution in [0.2, 0.25) is 0 Å². The van der Waals surface area contributed by atoms with E-state index in [-0.39, 0.29) is 24.9 Å². The number of ether oxygens (including phenoxy) is 2. The number of quaternary nitrogens is 1. The van der Waals surface area contributed by atoms with Gasteiger partial charge in [-0.2, -0.15) is 0 Å². The molecular formula is C12H13N3O5. The van der Waals surface area contributed by atoms with Gasteiger partial charge in [-0.3, -0.25) is 9.78 Å². The van der Waals surface area contributed by atoms with Gasteiger partial charge in [0.25, 0.3) is 5.56 Å². The molecule has 3 rings (SSSR count). The third-order valence-corrected chi connectivity index (χ3v) is 2.82. The predicted octanol–water partition coefficient (Wildman–Crippen LogP) is -0.168. The van der Waals surface area contributed by atoms with Crippen LogP contribution in [-0.4, -0.2) is 16.8 Å². The predicted molar refractivity (Wildman–Crippen MR) is 68.5 cm³/mol. The van der Waals surface area contributed by atoms with E-state index in [4.69, 9.17) is 9.47 Å². The van der Waals surface area contributed by atoms with Crippen molar-refractivity contribution in [3.63, 3.8) is 0 Å². The smallest absolute Gasteiger partial charge is 0.325 e. The second-order valence-corrected chi connectivity index (χ2v) is 4.08. The Hall–Kier alpha value is -2.74. The molecule has 0 atom stereocenters. The average Bonchev–Trinajstić information content (AvgIpc) is 2.81. The van der Waals surface area contributed by atoms with Gasteiger partial charge < -0.3 is 25.7 Å². The van der Waals surface area contributed by atoms with Crippen molar-refractivity contribution in [2.24, 2.45) is 0 Å². The minimum Gasteiger partial charge on any atom is -0.860 e. The Morgan fingerprint density at radius 1 is 1.15 bits per heavy atom. The number of hydrogen-bond donors (Lipinski definition) is 3. The Morgan fingerprint density at radius 3 is 2.65 bits per heavy atom. The second kappa shape index (κ2) is 5.10. The van der Waals surface area contributed by atoms with E-state index in [0.29, 0.717) is 11.5 Å². The Labute approximate surface area is 112 Å². The molecular weight excluding hydrogens is 266 g/mol. The molecule has 0 saturated carbocycles. The highest BCUT2D eigenvalue weighted by Crippen LogP contribution is 2.33. The molecule has 20 heavy (non-hydrogen) atoms. The first-order chi connectivity index (χ1) is 9.13. The summed E-state index contributed by atoms with van der Waals surface area (Å²) in [5, 5.41) is 11.6. The summed E-state index contributed by atoms with van der Waals surface area (Å²) < 4.78 is 10.4. The molecule has 1 aliphatic heterocycles. The Balaban J connectivity index is 0.00000147. The summed E-state index contributed by atoms with van der Waals surface area (Å²) in [5.41, 5.74) is -0.770. The summed E-state index contributed by atoms with van der Waals surface area (Å²) in [6.07, 6.45) is 0.113. The van der Waals surface area contributed by atoms with E-state index in [0.717, 1.165) is 5.56 Å². The summed E-state index contributed by atoms with van der Waals surface area (Å²) in [7, 11) is 0. The van der Waals surface area contributed by atoms with Crippen molar-refractivity contribution in [3.8, 4) is 17.4 Å². The molecule has 6 N–H and O–H groups in total. The van der Waals surface area contributed by atoms with Crippen molar-refractivity contribution < 1.29 is 14.6 Å². The highest BCUT2D eigenvalue weighted by Gasteiger charge is 2.14. The van der Waals surface area contributed by atoms with Crippen LogP contribution in [0.25, 0.3) is 0 Å². The lowest BCUT2D eigenvalue weighted by molar-refractivity contribution is -0.276. The van der Waals surface area contributed by atoms with Crippen LogP contribution in [0.4, 0.5) is 0 Å². The zero-order valence-corrected chi connectivity index (χ0v) is 10.7. The Morgan fingerprint density at radius 2 is 1.90 bits per heavy atom. The van der Waals surface area contributed by atoms with E-state index in [1.54, 1.807) is 18.2 Å². The molecule has 2 aromatic rings. The number of nitrogens with one attached hydrogen (secondary N) is 2. The topological polar surface area (TPSA) is 144 Å². The molecule has 1 aromatic carbocycles. The number of benzene rings is 1. The van der Waals surface area contributed by atoms with E-state index >= 15 is 0 Å². The summed E-state index contributed by atoms with van der Waals surface area (Å²) in [6.45, 7) is 0.158. The number of aromatic amines is 2. The molecule has 0 amide bonds. The lowest BCUT2D eigenvalue weighted by atomic mass is 10.1. The molecule has 8 nitrogen and oxygen atoms in total. The maximum atomic E-state index is 11.6. The third-order valence-electron chi connectivity index (χ3n) is 2.82. The van der Waals surface area contributed by atoms with Gasteiger partial charge in [0.2, 0.25) is 6.79 Å². The fourth-order valence-corrected chi connectivity index (χ4v) is 1.91. The molecule has 1 aliphatic rings. The lowest BCUT2D eigenvalue weighted by Crippen LogP contribution is -2.27. The number of H-pyrrole nitrogens is 2.